The van der Waals surface area contributed by atoms with Crippen molar-refractivity contribution in [2.75, 3.05) is 0 Å². The molecule has 0 aliphatic heterocycles. The monoisotopic (exact) mass is 294 g/mol. The number of benzene rings is 2. The van der Waals surface area contributed by atoms with Crippen molar-refractivity contribution >= 4 is 22.5 Å². The second kappa shape index (κ2) is 5.27. The van der Waals surface area contributed by atoms with E-state index in [1.54, 1.807) is 0 Å². The summed E-state index contributed by atoms with van der Waals surface area (Å²) in [5.41, 5.74) is 4.83. The summed E-state index contributed by atoms with van der Waals surface area (Å²) in [5, 5.41) is 11.2. The highest BCUT2D eigenvalue weighted by Crippen LogP contribution is 2.35. The van der Waals surface area contributed by atoms with E-state index >= 15 is 0 Å². The predicted molar refractivity (Wildman–Crippen MR) is 87.5 cm³/mol. The Hall–Kier alpha value is -2.24. The number of aromatic nitrogens is 1. The van der Waals surface area contributed by atoms with Crippen molar-refractivity contribution in [1.29, 1.82) is 5.26 Å². The highest BCUT2D eigenvalue weighted by molar-refractivity contribution is 6.30. The van der Waals surface area contributed by atoms with Crippen LogP contribution in [0.3, 0.4) is 0 Å². The van der Waals surface area contributed by atoms with E-state index in [1.807, 2.05) is 30.3 Å². The summed E-state index contributed by atoms with van der Waals surface area (Å²) >= 11 is 5.96. The van der Waals surface area contributed by atoms with E-state index in [9.17, 15) is 5.26 Å². The lowest BCUT2D eigenvalue weighted by molar-refractivity contribution is 0.873. The van der Waals surface area contributed by atoms with Crippen molar-refractivity contribution in [2.45, 2.75) is 19.8 Å². The predicted octanol–water partition coefficient (Wildman–Crippen LogP) is 5.48. The number of nitrogens with one attached hydrogen (secondary N) is 1. The van der Waals surface area contributed by atoms with Crippen molar-refractivity contribution in [3.05, 3.63) is 58.7 Å². The van der Waals surface area contributed by atoms with Gasteiger partial charge in [-0.1, -0.05) is 55.8 Å². The summed E-state index contributed by atoms with van der Waals surface area (Å²) in [7, 11) is 0. The molecule has 0 fully saturated rings. The van der Waals surface area contributed by atoms with Gasteiger partial charge in [-0.15, -0.1) is 0 Å². The topological polar surface area (TPSA) is 39.6 Å². The van der Waals surface area contributed by atoms with Gasteiger partial charge in [-0.25, -0.2) is 0 Å². The number of para-hydroxylation sites is 1. The van der Waals surface area contributed by atoms with Crippen molar-refractivity contribution in [3.8, 4) is 17.2 Å². The van der Waals surface area contributed by atoms with Gasteiger partial charge >= 0.3 is 0 Å². The first-order chi connectivity index (χ1) is 10.1. The van der Waals surface area contributed by atoms with Crippen LogP contribution >= 0.6 is 11.6 Å². The van der Waals surface area contributed by atoms with Gasteiger partial charge in [0.05, 0.1) is 5.52 Å². The number of fused-ring (bicyclic) bond motifs is 1. The molecule has 0 unspecified atom stereocenters. The summed E-state index contributed by atoms with van der Waals surface area (Å²) in [4.78, 5) is 3.28. The maximum Gasteiger partial charge on any atom is 0.126 e. The molecule has 0 aliphatic carbocycles. The summed E-state index contributed by atoms with van der Waals surface area (Å²) < 4.78 is 0. The van der Waals surface area contributed by atoms with Crippen LogP contribution in [0.25, 0.3) is 22.0 Å². The van der Waals surface area contributed by atoms with Crippen LogP contribution in [0.15, 0.2) is 42.5 Å². The molecule has 3 rings (SSSR count). The first-order valence-corrected chi connectivity index (χ1v) is 7.30. The average molecular weight is 295 g/mol. The minimum atomic E-state index is 0.400. The quantitative estimate of drug-likeness (QED) is 0.667. The van der Waals surface area contributed by atoms with Crippen LogP contribution in [0.5, 0.6) is 0 Å². The minimum Gasteiger partial charge on any atom is -0.346 e. The van der Waals surface area contributed by atoms with Crippen LogP contribution in [0.1, 0.15) is 31.0 Å². The van der Waals surface area contributed by atoms with E-state index in [0.717, 1.165) is 22.0 Å². The summed E-state index contributed by atoms with van der Waals surface area (Å²) in [6, 6.07) is 16.1. The number of aromatic amines is 1. The normalized spacial score (nSPS) is 11.0. The van der Waals surface area contributed by atoms with Gasteiger partial charge in [0, 0.05) is 16.0 Å². The average Bonchev–Trinajstić information content (AvgIpc) is 2.86. The Bertz CT molecular complexity index is 836. The van der Waals surface area contributed by atoms with Crippen molar-refractivity contribution < 1.29 is 0 Å². The van der Waals surface area contributed by atoms with Gasteiger partial charge in [0.2, 0.25) is 0 Å². The molecule has 1 N–H and O–H groups in total. The van der Waals surface area contributed by atoms with E-state index < -0.39 is 0 Å². The van der Waals surface area contributed by atoms with Crippen LogP contribution in [0, 0.1) is 11.3 Å². The molecule has 0 saturated heterocycles. The third-order valence-electron chi connectivity index (χ3n) is 3.73. The molecule has 0 radical (unpaired) electrons. The molecule has 0 saturated carbocycles. The number of H-pyrrole nitrogens is 1. The maximum absolute atomic E-state index is 9.46. The molecule has 2 aromatic carbocycles. The number of hydrogen-bond donors (Lipinski definition) is 1. The lowest BCUT2D eigenvalue weighted by Crippen LogP contribution is -1.88. The molecule has 3 aromatic rings. The first-order valence-electron chi connectivity index (χ1n) is 6.92. The smallest absolute Gasteiger partial charge is 0.126 e. The lowest BCUT2D eigenvalue weighted by atomic mass is 9.97. The van der Waals surface area contributed by atoms with Crippen molar-refractivity contribution in [3.63, 3.8) is 0 Å². The molecule has 3 heteroatoms. The van der Waals surface area contributed by atoms with E-state index in [4.69, 9.17) is 11.6 Å². The second-order valence-corrected chi connectivity index (χ2v) is 5.85. The Morgan fingerprint density at radius 1 is 1.10 bits per heavy atom. The molecule has 0 atom stereocenters. The zero-order valence-electron chi connectivity index (χ0n) is 11.9. The SMILES string of the molecule is CC(C)c1cccc2c(-c3ccc(Cl)cc3)c(C#N)[nH]c12. The number of rotatable bonds is 2. The van der Waals surface area contributed by atoms with Gasteiger partial charge in [-0.2, -0.15) is 5.26 Å². The molecular formula is C18H15ClN2. The molecule has 1 heterocycles. The third-order valence-corrected chi connectivity index (χ3v) is 3.98. The Balaban J connectivity index is 2.34. The molecule has 0 amide bonds. The van der Waals surface area contributed by atoms with Crippen molar-refractivity contribution in [2.24, 2.45) is 0 Å². The van der Waals surface area contributed by atoms with Gasteiger partial charge in [-0.3, -0.25) is 0 Å². The van der Waals surface area contributed by atoms with Gasteiger partial charge in [0.1, 0.15) is 11.8 Å². The number of halogens is 1. The number of hydrogen-bond acceptors (Lipinski definition) is 1. The minimum absolute atomic E-state index is 0.400. The molecule has 1 aromatic heterocycles. The fourth-order valence-corrected chi connectivity index (χ4v) is 2.85. The highest BCUT2D eigenvalue weighted by atomic mass is 35.5. The lowest BCUT2D eigenvalue weighted by Gasteiger charge is -2.07. The fourth-order valence-electron chi connectivity index (χ4n) is 2.72. The molecule has 0 bridgehead atoms. The molecule has 21 heavy (non-hydrogen) atoms. The Kier molecular flexibility index (Phi) is 3.45. The third kappa shape index (κ3) is 2.30. The maximum atomic E-state index is 9.46. The largest absolute Gasteiger partial charge is 0.346 e. The van der Waals surface area contributed by atoms with Gasteiger partial charge in [-0.05, 0) is 29.2 Å². The highest BCUT2D eigenvalue weighted by Gasteiger charge is 2.16. The van der Waals surface area contributed by atoms with E-state index in [2.05, 4.69) is 37.0 Å². The van der Waals surface area contributed by atoms with E-state index in [-0.39, 0.29) is 0 Å². The van der Waals surface area contributed by atoms with Gasteiger partial charge < -0.3 is 4.98 Å². The zero-order valence-corrected chi connectivity index (χ0v) is 12.7. The fraction of sp³-hybridized carbons (Fsp3) is 0.167. The molecule has 2 nitrogen and oxygen atoms in total. The standard InChI is InChI=1S/C18H15ClN2/c1-11(2)14-4-3-5-15-17(16(10-20)21-18(14)15)12-6-8-13(19)9-7-12/h3-9,11,21H,1-2H3. The van der Waals surface area contributed by atoms with Crippen LogP contribution in [-0.2, 0) is 0 Å². The molecular weight excluding hydrogens is 280 g/mol. The number of nitrogens with zero attached hydrogens (tertiary/aromatic N) is 1. The van der Waals surface area contributed by atoms with E-state index in [0.29, 0.717) is 16.6 Å². The van der Waals surface area contributed by atoms with Crippen LogP contribution in [0.2, 0.25) is 5.02 Å². The molecule has 0 spiro atoms. The van der Waals surface area contributed by atoms with E-state index in [1.165, 1.54) is 5.56 Å². The summed E-state index contributed by atoms with van der Waals surface area (Å²) in [5.74, 6) is 0.400. The summed E-state index contributed by atoms with van der Waals surface area (Å²) in [6.45, 7) is 4.31. The van der Waals surface area contributed by atoms with Crippen LogP contribution < -0.4 is 0 Å². The molecule has 104 valence electrons. The van der Waals surface area contributed by atoms with Crippen LogP contribution in [0.4, 0.5) is 0 Å². The Morgan fingerprint density at radius 2 is 1.81 bits per heavy atom. The molecule has 0 aliphatic rings. The Morgan fingerprint density at radius 3 is 2.43 bits per heavy atom. The van der Waals surface area contributed by atoms with Crippen LogP contribution in [-0.4, -0.2) is 4.98 Å². The Labute approximate surface area is 129 Å². The zero-order chi connectivity index (χ0) is 15.0. The van der Waals surface area contributed by atoms with Crippen molar-refractivity contribution in [1.82, 2.24) is 4.98 Å². The first kappa shape index (κ1) is 13.7. The number of nitriles is 1. The second-order valence-electron chi connectivity index (χ2n) is 5.42. The summed E-state index contributed by atoms with van der Waals surface area (Å²) in [6.07, 6.45) is 0. The van der Waals surface area contributed by atoms with Gasteiger partial charge in [0.15, 0.2) is 0 Å². The van der Waals surface area contributed by atoms with Gasteiger partial charge in [0.25, 0.3) is 0 Å².